The van der Waals surface area contributed by atoms with Gasteiger partial charge in [-0.1, -0.05) is 6.07 Å². The Balaban J connectivity index is 1.81. The van der Waals surface area contributed by atoms with Crippen molar-refractivity contribution in [3.05, 3.63) is 23.8 Å². The van der Waals surface area contributed by atoms with Crippen LogP contribution in [-0.4, -0.2) is 31.5 Å². The second-order valence-corrected chi connectivity index (χ2v) is 4.62. The van der Waals surface area contributed by atoms with Crippen LogP contribution in [0.2, 0.25) is 0 Å². The van der Waals surface area contributed by atoms with Crippen molar-refractivity contribution in [1.29, 1.82) is 0 Å². The number of hydrogen-bond donors (Lipinski definition) is 2. The van der Waals surface area contributed by atoms with Crippen molar-refractivity contribution in [1.82, 2.24) is 10.6 Å². The minimum absolute atomic E-state index is 0.169. The fraction of sp³-hybridized carbons (Fsp3) is 0.462. The van der Waals surface area contributed by atoms with Crippen LogP contribution in [0.5, 0.6) is 11.5 Å². The van der Waals surface area contributed by atoms with Gasteiger partial charge in [0.2, 0.25) is 12.7 Å². The first-order valence-electron chi connectivity index (χ1n) is 6.31. The zero-order valence-corrected chi connectivity index (χ0v) is 11.3. The number of carbonyl (C=O) groups is 1. The Morgan fingerprint density at radius 3 is 2.76 bits per heavy atom. The maximum Gasteiger partial charge on any atom is 0.405 e. The molecule has 1 aromatic carbocycles. The smallest absolute Gasteiger partial charge is 0.405 e. The maximum absolute atomic E-state index is 12.0. The lowest BCUT2D eigenvalue weighted by molar-refractivity contribution is -0.139. The van der Waals surface area contributed by atoms with Crippen molar-refractivity contribution in [3.63, 3.8) is 0 Å². The van der Waals surface area contributed by atoms with Gasteiger partial charge < -0.3 is 20.1 Å². The van der Waals surface area contributed by atoms with Crippen LogP contribution in [0.4, 0.5) is 13.2 Å². The van der Waals surface area contributed by atoms with Gasteiger partial charge in [0, 0.05) is 6.54 Å². The molecular formula is C13H15F3N2O3. The van der Waals surface area contributed by atoms with Crippen molar-refractivity contribution in [3.8, 4) is 11.5 Å². The quantitative estimate of drug-likeness (QED) is 0.867. The molecule has 1 aliphatic heterocycles. The second-order valence-electron chi connectivity index (χ2n) is 4.62. The molecule has 1 heterocycles. The molecule has 0 aliphatic carbocycles. The molecule has 21 heavy (non-hydrogen) atoms. The first kappa shape index (κ1) is 15.4. The third-order valence-corrected chi connectivity index (χ3v) is 2.91. The molecule has 2 rings (SSSR count). The molecule has 0 saturated heterocycles. The Morgan fingerprint density at radius 1 is 1.33 bits per heavy atom. The van der Waals surface area contributed by atoms with Crippen LogP contribution in [0.15, 0.2) is 18.2 Å². The zero-order valence-electron chi connectivity index (χ0n) is 11.3. The van der Waals surface area contributed by atoms with E-state index in [1.807, 2.05) is 5.32 Å². The lowest BCUT2D eigenvalue weighted by Gasteiger charge is -2.15. The SMILES string of the molecule is CC(NCc1ccc2c(c1)OCO2)C(=O)NCC(F)(F)F. The van der Waals surface area contributed by atoms with Crippen LogP contribution in [0, 0.1) is 0 Å². The first-order valence-corrected chi connectivity index (χ1v) is 6.31. The van der Waals surface area contributed by atoms with Gasteiger partial charge in [-0.3, -0.25) is 4.79 Å². The van der Waals surface area contributed by atoms with Crippen LogP contribution in [0.25, 0.3) is 0 Å². The number of benzene rings is 1. The number of ether oxygens (including phenoxy) is 2. The Morgan fingerprint density at radius 2 is 2.05 bits per heavy atom. The topological polar surface area (TPSA) is 59.6 Å². The van der Waals surface area contributed by atoms with Crippen molar-refractivity contribution in [2.75, 3.05) is 13.3 Å². The molecule has 0 saturated carbocycles. The van der Waals surface area contributed by atoms with Gasteiger partial charge in [0.05, 0.1) is 6.04 Å². The normalized spacial score (nSPS) is 14.9. The molecule has 0 radical (unpaired) electrons. The number of hydrogen-bond acceptors (Lipinski definition) is 4. The van der Waals surface area contributed by atoms with E-state index in [2.05, 4.69) is 5.32 Å². The third kappa shape index (κ3) is 4.52. The Labute approximate surface area is 119 Å². The summed E-state index contributed by atoms with van der Waals surface area (Å²) in [4.78, 5) is 11.5. The van der Waals surface area contributed by atoms with E-state index in [-0.39, 0.29) is 6.79 Å². The van der Waals surface area contributed by atoms with Gasteiger partial charge >= 0.3 is 6.18 Å². The molecule has 5 nitrogen and oxygen atoms in total. The average molecular weight is 304 g/mol. The molecule has 0 spiro atoms. The van der Waals surface area contributed by atoms with E-state index in [9.17, 15) is 18.0 Å². The molecule has 0 fully saturated rings. The van der Waals surface area contributed by atoms with E-state index in [4.69, 9.17) is 9.47 Å². The highest BCUT2D eigenvalue weighted by atomic mass is 19.4. The summed E-state index contributed by atoms with van der Waals surface area (Å²) in [5, 5.41) is 4.68. The number of halogens is 3. The predicted octanol–water partition coefficient (Wildman–Crippen LogP) is 1.57. The van der Waals surface area contributed by atoms with Crippen LogP contribution < -0.4 is 20.1 Å². The molecule has 8 heteroatoms. The maximum atomic E-state index is 12.0. The summed E-state index contributed by atoms with van der Waals surface area (Å²) in [5.74, 6) is 0.561. The van der Waals surface area contributed by atoms with E-state index in [0.717, 1.165) is 5.56 Å². The number of rotatable bonds is 5. The van der Waals surface area contributed by atoms with E-state index >= 15 is 0 Å². The summed E-state index contributed by atoms with van der Waals surface area (Å²) in [6.07, 6.45) is -4.41. The molecule has 1 aliphatic rings. The minimum atomic E-state index is -4.41. The first-order chi connectivity index (χ1) is 9.85. The summed E-state index contributed by atoms with van der Waals surface area (Å²) in [5.41, 5.74) is 0.842. The fourth-order valence-electron chi connectivity index (χ4n) is 1.75. The number of amides is 1. The van der Waals surface area contributed by atoms with Gasteiger partial charge in [0.15, 0.2) is 11.5 Å². The summed E-state index contributed by atoms with van der Waals surface area (Å²) >= 11 is 0. The highest BCUT2D eigenvalue weighted by molar-refractivity contribution is 5.81. The summed E-state index contributed by atoms with van der Waals surface area (Å²) in [6, 6.07) is 4.56. The lowest BCUT2D eigenvalue weighted by atomic mass is 10.2. The second kappa shape index (κ2) is 6.21. The molecule has 116 valence electrons. The predicted molar refractivity (Wildman–Crippen MR) is 67.9 cm³/mol. The molecule has 1 unspecified atom stereocenters. The number of nitrogens with one attached hydrogen (secondary N) is 2. The van der Waals surface area contributed by atoms with Crippen molar-refractivity contribution < 1.29 is 27.4 Å². The largest absolute Gasteiger partial charge is 0.454 e. The molecule has 1 aromatic rings. The zero-order chi connectivity index (χ0) is 15.5. The Bertz CT molecular complexity index is 520. The number of fused-ring (bicyclic) bond motifs is 1. The standard InChI is InChI=1S/C13H15F3N2O3/c1-8(12(19)18-6-13(14,15)16)17-5-9-2-3-10-11(4-9)21-7-20-10/h2-4,8,17H,5-7H2,1H3,(H,18,19). The minimum Gasteiger partial charge on any atom is -0.454 e. The number of carbonyl (C=O) groups excluding carboxylic acids is 1. The average Bonchev–Trinajstić information content (AvgIpc) is 2.88. The Kier molecular flexibility index (Phi) is 4.56. The molecule has 1 atom stereocenters. The van der Waals surface area contributed by atoms with Crippen molar-refractivity contribution >= 4 is 5.91 Å². The molecule has 0 bridgehead atoms. The monoisotopic (exact) mass is 304 g/mol. The fourth-order valence-corrected chi connectivity index (χ4v) is 1.75. The molecule has 0 aromatic heterocycles. The Hall–Kier alpha value is -1.96. The van der Waals surface area contributed by atoms with Crippen LogP contribution in [-0.2, 0) is 11.3 Å². The van der Waals surface area contributed by atoms with Gasteiger partial charge in [-0.2, -0.15) is 13.2 Å². The molecule has 2 N–H and O–H groups in total. The van der Waals surface area contributed by atoms with Gasteiger partial charge in [0.1, 0.15) is 6.54 Å². The molecule has 1 amide bonds. The van der Waals surface area contributed by atoms with E-state index in [1.54, 1.807) is 18.2 Å². The summed E-state index contributed by atoms with van der Waals surface area (Å²) < 4.78 is 46.4. The highest BCUT2D eigenvalue weighted by Crippen LogP contribution is 2.32. The third-order valence-electron chi connectivity index (χ3n) is 2.91. The molecular weight excluding hydrogens is 289 g/mol. The van der Waals surface area contributed by atoms with Gasteiger partial charge in [-0.05, 0) is 24.6 Å². The van der Waals surface area contributed by atoms with Crippen molar-refractivity contribution in [2.24, 2.45) is 0 Å². The highest BCUT2D eigenvalue weighted by Gasteiger charge is 2.28. The summed E-state index contributed by atoms with van der Waals surface area (Å²) in [6.45, 7) is 0.667. The lowest BCUT2D eigenvalue weighted by Crippen LogP contribution is -2.44. The summed E-state index contributed by atoms with van der Waals surface area (Å²) in [7, 11) is 0. The van der Waals surface area contributed by atoms with Crippen LogP contribution in [0.3, 0.4) is 0 Å². The van der Waals surface area contributed by atoms with E-state index in [1.165, 1.54) is 6.92 Å². The van der Waals surface area contributed by atoms with Gasteiger partial charge in [0.25, 0.3) is 0 Å². The van der Waals surface area contributed by atoms with E-state index < -0.39 is 24.7 Å². The van der Waals surface area contributed by atoms with Crippen LogP contribution >= 0.6 is 0 Å². The van der Waals surface area contributed by atoms with E-state index in [0.29, 0.717) is 18.0 Å². The van der Waals surface area contributed by atoms with Gasteiger partial charge in [-0.25, -0.2) is 0 Å². The number of alkyl halides is 3. The van der Waals surface area contributed by atoms with Crippen LogP contribution in [0.1, 0.15) is 12.5 Å². The van der Waals surface area contributed by atoms with Crippen molar-refractivity contribution in [2.45, 2.75) is 25.7 Å². The van der Waals surface area contributed by atoms with Gasteiger partial charge in [-0.15, -0.1) is 0 Å².